The van der Waals surface area contributed by atoms with Crippen LogP contribution in [0.2, 0.25) is 0 Å². The maximum absolute atomic E-state index is 13.5. The minimum absolute atomic E-state index is 0.0363. The zero-order chi connectivity index (χ0) is 22.1. The van der Waals surface area contributed by atoms with Crippen LogP contribution in [0.3, 0.4) is 0 Å². The Morgan fingerprint density at radius 3 is 2.40 bits per heavy atom. The summed E-state index contributed by atoms with van der Waals surface area (Å²) in [7, 11) is 0. The van der Waals surface area contributed by atoms with E-state index in [2.05, 4.69) is 53.3 Å². The van der Waals surface area contributed by atoms with E-state index in [1.165, 1.54) is 5.56 Å². The molecule has 0 fully saturated rings. The van der Waals surface area contributed by atoms with Gasteiger partial charge in [-0.25, -0.2) is 4.79 Å². The number of amides is 3. The molecule has 1 N–H and O–H groups in total. The number of hydrogen-bond donors (Lipinski definition) is 1. The molecule has 2 aromatic rings. The molecular formula is C24H34N4O2. The SMILES string of the molecule is Cc1ccc([C@@H]2c3cccn3CCN2C(=O)CN(C(=O)NC(C)(C)C)C(C)C)cc1. The molecule has 0 unspecified atom stereocenters. The standard InChI is InChI=1S/C24H34N4O2/c1-17(2)28(23(30)25-24(4,5)6)16-21(29)27-15-14-26-13-7-8-20(26)22(27)19-11-9-18(3)10-12-19/h7-13,17,22H,14-16H2,1-6H3,(H,25,30)/t22-/m1/s1. The van der Waals surface area contributed by atoms with Crippen LogP contribution in [0.5, 0.6) is 0 Å². The molecule has 0 saturated carbocycles. The molecule has 3 rings (SSSR count). The van der Waals surface area contributed by atoms with Crippen LogP contribution in [0.25, 0.3) is 0 Å². The Bertz CT molecular complexity index is 893. The Morgan fingerprint density at radius 1 is 1.13 bits per heavy atom. The maximum atomic E-state index is 13.5. The quantitative estimate of drug-likeness (QED) is 0.830. The summed E-state index contributed by atoms with van der Waals surface area (Å²) in [6.45, 7) is 13.2. The summed E-state index contributed by atoms with van der Waals surface area (Å²) in [5, 5.41) is 2.98. The van der Waals surface area contributed by atoms with Gasteiger partial charge in [0.25, 0.3) is 0 Å². The number of aryl methyl sites for hydroxylation is 1. The number of nitrogens with one attached hydrogen (secondary N) is 1. The third kappa shape index (κ3) is 4.86. The lowest BCUT2D eigenvalue weighted by atomic mass is 9.98. The molecule has 0 radical (unpaired) electrons. The van der Waals surface area contributed by atoms with E-state index in [0.717, 1.165) is 17.8 Å². The summed E-state index contributed by atoms with van der Waals surface area (Å²) in [6.07, 6.45) is 2.07. The summed E-state index contributed by atoms with van der Waals surface area (Å²) < 4.78 is 2.21. The average Bonchev–Trinajstić information content (AvgIpc) is 3.13. The largest absolute Gasteiger partial charge is 0.348 e. The highest BCUT2D eigenvalue weighted by molar-refractivity contribution is 5.85. The minimum atomic E-state index is -0.357. The van der Waals surface area contributed by atoms with Gasteiger partial charge in [0, 0.05) is 36.6 Å². The number of rotatable bonds is 4. The Balaban J connectivity index is 1.87. The Hall–Kier alpha value is -2.76. The second kappa shape index (κ2) is 8.54. The zero-order valence-corrected chi connectivity index (χ0v) is 19.0. The van der Waals surface area contributed by atoms with Gasteiger partial charge in [0.05, 0.1) is 6.04 Å². The molecule has 30 heavy (non-hydrogen) atoms. The first-order valence-electron chi connectivity index (χ1n) is 10.7. The van der Waals surface area contributed by atoms with E-state index < -0.39 is 0 Å². The molecular weight excluding hydrogens is 376 g/mol. The van der Waals surface area contributed by atoms with Crippen LogP contribution in [-0.2, 0) is 11.3 Å². The zero-order valence-electron chi connectivity index (χ0n) is 19.0. The molecule has 3 amide bonds. The van der Waals surface area contributed by atoms with Crippen molar-refractivity contribution >= 4 is 11.9 Å². The topological polar surface area (TPSA) is 57.6 Å². The molecule has 0 aliphatic carbocycles. The molecule has 1 aromatic heterocycles. The number of hydrogen-bond acceptors (Lipinski definition) is 2. The lowest BCUT2D eigenvalue weighted by Crippen LogP contribution is -2.54. The van der Waals surface area contributed by atoms with Crippen LogP contribution in [0.15, 0.2) is 42.6 Å². The number of urea groups is 1. The first-order valence-corrected chi connectivity index (χ1v) is 10.7. The molecule has 1 aliphatic rings. The van der Waals surface area contributed by atoms with Gasteiger partial charge in [-0.15, -0.1) is 0 Å². The highest BCUT2D eigenvalue weighted by Crippen LogP contribution is 2.32. The predicted molar refractivity (Wildman–Crippen MR) is 119 cm³/mol. The number of carbonyl (C=O) groups excluding carboxylic acids is 2. The third-order valence-electron chi connectivity index (χ3n) is 5.42. The molecule has 6 nitrogen and oxygen atoms in total. The molecule has 1 aliphatic heterocycles. The molecule has 0 spiro atoms. The van der Waals surface area contributed by atoms with Gasteiger partial charge >= 0.3 is 6.03 Å². The van der Waals surface area contributed by atoms with Crippen LogP contribution in [0, 0.1) is 6.92 Å². The normalized spacial score (nSPS) is 16.4. The van der Waals surface area contributed by atoms with Crippen molar-refractivity contribution in [2.45, 2.75) is 65.7 Å². The monoisotopic (exact) mass is 410 g/mol. The Labute approximate surface area is 179 Å². The van der Waals surface area contributed by atoms with Crippen LogP contribution in [0.4, 0.5) is 4.79 Å². The van der Waals surface area contributed by atoms with E-state index in [1.54, 1.807) is 4.90 Å². The van der Waals surface area contributed by atoms with Crippen molar-refractivity contribution in [2.75, 3.05) is 13.1 Å². The third-order valence-corrected chi connectivity index (χ3v) is 5.42. The fourth-order valence-electron chi connectivity index (χ4n) is 3.87. The van der Waals surface area contributed by atoms with E-state index in [-0.39, 0.29) is 36.1 Å². The van der Waals surface area contributed by atoms with Crippen molar-refractivity contribution in [1.82, 2.24) is 19.7 Å². The van der Waals surface area contributed by atoms with Gasteiger partial charge in [0.2, 0.25) is 5.91 Å². The maximum Gasteiger partial charge on any atom is 0.318 e. The number of carbonyl (C=O) groups is 2. The van der Waals surface area contributed by atoms with Gasteiger partial charge in [-0.1, -0.05) is 29.8 Å². The number of benzene rings is 1. The molecule has 0 bridgehead atoms. The fourth-order valence-corrected chi connectivity index (χ4v) is 3.87. The van der Waals surface area contributed by atoms with Gasteiger partial charge in [-0.05, 0) is 59.2 Å². The minimum Gasteiger partial charge on any atom is -0.348 e. The van der Waals surface area contributed by atoms with Crippen molar-refractivity contribution in [3.8, 4) is 0 Å². The van der Waals surface area contributed by atoms with Gasteiger partial charge in [-0.3, -0.25) is 4.79 Å². The van der Waals surface area contributed by atoms with E-state index in [4.69, 9.17) is 0 Å². The summed E-state index contributed by atoms with van der Waals surface area (Å²) in [6, 6.07) is 12.0. The number of nitrogens with zero attached hydrogens (tertiary/aromatic N) is 3. The van der Waals surface area contributed by atoms with Crippen LogP contribution in [-0.4, -0.2) is 51.0 Å². The lowest BCUT2D eigenvalue weighted by molar-refractivity contribution is -0.134. The summed E-state index contributed by atoms with van der Waals surface area (Å²) >= 11 is 0. The van der Waals surface area contributed by atoms with Crippen LogP contribution < -0.4 is 5.32 Å². The Morgan fingerprint density at radius 2 is 1.80 bits per heavy atom. The predicted octanol–water partition coefficient (Wildman–Crippen LogP) is 3.95. The first kappa shape index (κ1) is 21.9. The molecule has 1 aromatic carbocycles. The number of aromatic nitrogens is 1. The highest BCUT2D eigenvalue weighted by atomic mass is 16.2. The average molecular weight is 411 g/mol. The molecule has 6 heteroatoms. The van der Waals surface area contributed by atoms with Gasteiger partial charge in [-0.2, -0.15) is 0 Å². The summed E-state index contributed by atoms with van der Waals surface area (Å²) in [4.78, 5) is 29.8. The molecule has 162 valence electrons. The summed E-state index contributed by atoms with van der Waals surface area (Å²) in [5.41, 5.74) is 3.02. The van der Waals surface area contributed by atoms with Crippen LogP contribution >= 0.6 is 0 Å². The smallest absolute Gasteiger partial charge is 0.318 e. The van der Waals surface area contributed by atoms with Crippen molar-refractivity contribution in [2.24, 2.45) is 0 Å². The number of fused-ring (bicyclic) bond motifs is 1. The molecule has 2 heterocycles. The molecule has 0 saturated heterocycles. The van der Waals surface area contributed by atoms with Crippen LogP contribution in [0.1, 0.15) is 57.5 Å². The lowest BCUT2D eigenvalue weighted by Gasteiger charge is -2.39. The molecule has 1 atom stereocenters. The first-order chi connectivity index (χ1) is 14.1. The second-order valence-electron chi connectivity index (χ2n) is 9.43. The fraction of sp³-hybridized carbons (Fsp3) is 0.500. The summed E-state index contributed by atoms with van der Waals surface area (Å²) in [5.74, 6) is -0.0363. The van der Waals surface area contributed by atoms with Gasteiger partial charge in [0.15, 0.2) is 0 Å². The Kier molecular flexibility index (Phi) is 6.25. The second-order valence-corrected chi connectivity index (χ2v) is 9.43. The van der Waals surface area contributed by atoms with E-state index >= 15 is 0 Å². The van der Waals surface area contributed by atoms with Crippen molar-refractivity contribution in [1.29, 1.82) is 0 Å². The van der Waals surface area contributed by atoms with Gasteiger partial charge in [0.1, 0.15) is 6.54 Å². The van der Waals surface area contributed by atoms with Crippen molar-refractivity contribution in [3.05, 3.63) is 59.4 Å². The van der Waals surface area contributed by atoms with E-state index in [1.807, 2.05) is 45.6 Å². The van der Waals surface area contributed by atoms with Crippen molar-refractivity contribution < 1.29 is 9.59 Å². The van der Waals surface area contributed by atoms with Crippen molar-refractivity contribution in [3.63, 3.8) is 0 Å². The van der Waals surface area contributed by atoms with Gasteiger partial charge < -0.3 is 19.7 Å². The highest BCUT2D eigenvalue weighted by Gasteiger charge is 2.34. The van der Waals surface area contributed by atoms with E-state index in [0.29, 0.717) is 6.54 Å². The van der Waals surface area contributed by atoms with E-state index in [9.17, 15) is 9.59 Å².